The van der Waals surface area contributed by atoms with Crippen molar-refractivity contribution in [3.05, 3.63) is 94.3 Å². The van der Waals surface area contributed by atoms with Crippen molar-refractivity contribution in [2.75, 3.05) is 0 Å². The number of hydrogen-bond acceptors (Lipinski definition) is 0. The molecule has 3 aromatic carbocycles. The van der Waals surface area contributed by atoms with Crippen LogP contribution in [0.15, 0.2) is 54.6 Å². The van der Waals surface area contributed by atoms with Crippen molar-refractivity contribution < 1.29 is 13.2 Å². The number of aryl methyl sites for hydroxylation is 1. The van der Waals surface area contributed by atoms with Gasteiger partial charge in [0.2, 0.25) is 0 Å². The van der Waals surface area contributed by atoms with Crippen molar-refractivity contribution in [3.63, 3.8) is 0 Å². The molecule has 1 aliphatic carbocycles. The molecule has 3 aromatic rings. The van der Waals surface area contributed by atoms with Crippen LogP contribution >= 0.6 is 0 Å². The fourth-order valence-corrected chi connectivity index (χ4v) is 4.56. The summed E-state index contributed by atoms with van der Waals surface area (Å²) >= 11 is 0. The summed E-state index contributed by atoms with van der Waals surface area (Å²) in [6.07, 6.45) is 8.30. The molecule has 0 radical (unpaired) electrons. The minimum atomic E-state index is -0.775. The average molecular weight is 435 g/mol. The molecule has 0 aliphatic heterocycles. The minimum Gasteiger partial charge on any atom is -0.206 e. The maximum atomic E-state index is 14.9. The molecular formula is C29H29F3. The summed E-state index contributed by atoms with van der Waals surface area (Å²) < 4.78 is 44.0. The first-order chi connectivity index (χ1) is 15.5. The van der Waals surface area contributed by atoms with Crippen LogP contribution in [0.1, 0.15) is 67.7 Å². The second kappa shape index (κ2) is 9.77. The van der Waals surface area contributed by atoms with Gasteiger partial charge in [0.1, 0.15) is 5.82 Å². The zero-order chi connectivity index (χ0) is 22.7. The number of hydrogen-bond donors (Lipinski definition) is 0. The first-order valence-electron chi connectivity index (χ1n) is 11.5. The quantitative estimate of drug-likeness (QED) is 0.352. The first kappa shape index (κ1) is 22.4. The van der Waals surface area contributed by atoms with Gasteiger partial charge in [0.25, 0.3) is 0 Å². The normalized spacial score (nSPS) is 18.9. The molecule has 166 valence electrons. The second-order valence-electron chi connectivity index (χ2n) is 8.95. The highest BCUT2D eigenvalue weighted by atomic mass is 19.2. The predicted molar refractivity (Wildman–Crippen MR) is 127 cm³/mol. The van der Waals surface area contributed by atoms with Crippen LogP contribution in [-0.2, 0) is 6.42 Å². The van der Waals surface area contributed by atoms with Crippen LogP contribution in [0.3, 0.4) is 0 Å². The predicted octanol–water partition coefficient (Wildman–Crippen LogP) is 8.80. The number of rotatable bonds is 5. The molecule has 0 atom stereocenters. The Morgan fingerprint density at radius 1 is 0.812 bits per heavy atom. The largest absolute Gasteiger partial charge is 0.206 e. The van der Waals surface area contributed by atoms with Gasteiger partial charge >= 0.3 is 0 Å². The van der Waals surface area contributed by atoms with E-state index in [1.807, 2.05) is 31.2 Å². The lowest BCUT2D eigenvalue weighted by Gasteiger charge is -2.27. The van der Waals surface area contributed by atoms with Crippen LogP contribution < -0.4 is 0 Å². The molecule has 0 aromatic heterocycles. The van der Waals surface area contributed by atoms with Crippen molar-refractivity contribution in [1.82, 2.24) is 0 Å². The highest BCUT2D eigenvalue weighted by molar-refractivity contribution is 5.72. The maximum Gasteiger partial charge on any atom is 0.166 e. The van der Waals surface area contributed by atoms with E-state index in [1.54, 1.807) is 42.5 Å². The summed E-state index contributed by atoms with van der Waals surface area (Å²) in [7, 11) is 0. The summed E-state index contributed by atoms with van der Waals surface area (Å²) in [5, 5.41) is 0. The second-order valence-corrected chi connectivity index (χ2v) is 8.95. The van der Waals surface area contributed by atoms with Gasteiger partial charge in [-0.1, -0.05) is 87.4 Å². The van der Waals surface area contributed by atoms with E-state index < -0.39 is 11.6 Å². The molecule has 3 heteroatoms. The Bertz CT molecular complexity index is 1100. The van der Waals surface area contributed by atoms with Gasteiger partial charge in [0.05, 0.1) is 0 Å². The van der Waals surface area contributed by atoms with E-state index in [-0.39, 0.29) is 17.3 Å². The summed E-state index contributed by atoms with van der Waals surface area (Å²) in [5.74, 6) is -0.964. The van der Waals surface area contributed by atoms with E-state index >= 15 is 0 Å². The highest BCUT2D eigenvalue weighted by Crippen LogP contribution is 2.38. The molecule has 0 bridgehead atoms. The topological polar surface area (TPSA) is 0 Å². The molecule has 0 unspecified atom stereocenters. The summed E-state index contributed by atoms with van der Waals surface area (Å²) in [4.78, 5) is 0. The SMILES string of the molecule is CCc1ccc(/C=C/c2ccc(-c3ccc(C4CCC(C)CC4)c(F)c3F)cc2)c(F)c1. The maximum absolute atomic E-state index is 14.9. The molecule has 4 rings (SSSR count). The van der Waals surface area contributed by atoms with Crippen molar-refractivity contribution in [2.45, 2.75) is 51.9 Å². The molecule has 0 spiro atoms. The van der Waals surface area contributed by atoms with Crippen molar-refractivity contribution in [3.8, 4) is 11.1 Å². The lowest BCUT2D eigenvalue weighted by Crippen LogP contribution is -2.13. The van der Waals surface area contributed by atoms with Gasteiger partial charge in [-0.25, -0.2) is 13.2 Å². The van der Waals surface area contributed by atoms with Crippen molar-refractivity contribution in [1.29, 1.82) is 0 Å². The smallest absolute Gasteiger partial charge is 0.166 e. The first-order valence-corrected chi connectivity index (χ1v) is 11.5. The summed E-state index contributed by atoms with van der Waals surface area (Å²) in [5.41, 5.74) is 3.75. The Kier molecular flexibility index (Phi) is 6.83. The molecule has 1 fully saturated rings. The average Bonchev–Trinajstić information content (AvgIpc) is 2.81. The third-order valence-electron chi connectivity index (χ3n) is 6.72. The standard InChI is InChI=1S/C29H29F3/c1-3-20-6-14-24(27(30)18-20)15-9-21-7-12-23(13-8-21)26-17-16-25(28(31)29(26)32)22-10-4-19(2)5-11-22/h6-9,12-19,22H,3-5,10-11H2,1-2H3/b15-9+. The Morgan fingerprint density at radius 2 is 1.53 bits per heavy atom. The van der Waals surface area contributed by atoms with E-state index in [2.05, 4.69) is 6.92 Å². The third kappa shape index (κ3) is 4.82. The zero-order valence-electron chi connectivity index (χ0n) is 18.7. The van der Waals surface area contributed by atoms with Gasteiger partial charge in [-0.3, -0.25) is 0 Å². The van der Waals surface area contributed by atoms with Crippen LogP contribution in [0.5, 0.6) is 0 Å². The van der Waals surface area contributed by atoms with Crippen LogP contribution in [0, 0.1) is 23.4 Å². The lowest BCUT2D eigenvalue weighted by atomic mass is 9.79. The summed E-state index contributed by atoms with van der Waals surface area (Å²) in [6, 6.07) is 15.9. The molecular weight excluding hydrogens is 405 g/mol. The summed E-state index contributed by atoms with van der Waals surface area (Å²) in [6.45, 7) is 4.21. The van der Waals surface area contributed by atoms with Gasteiger partial charge in [-0.05, 0) is 59.4 Å². The van der Waals surface area contributed by atoms with Gasteiger partial charge in [-0.15, -0.1) is 0 Å². The number of halogens is 3. The molecule has 32 heavy (non-hydrogen) atoms. The van der Waals surface area contributed by atoms with E-state index in [0.717, 1.165) is 43.2 Å². The Morgan fingerprint density at radius 3 is 2.19 bits per heavy atom. The Hall–Kier alpha value is -2.81. The molecule has 1 aliphatic rings. The van der Waals surface area contributed by atoms with Crippen LogP contribution in [0.2, 0.25) is 0 Å². The zero-order valence-corrected chi connectivity index (χ0v) is 18.7. The lowest BCUT2D eigenvalue weighted by molar-refractivity contribution is 0.339. The number of benzene rings is 3. The Balaban J connectivity index is 1.52. The molecule has 0 heterocycles. The van der Waals surface area contributed by atoms with Crippen LogP contribution in [0.25, 0.3) is 23.3 Å². The van der Waals surface area contributed by atoms with Gasteiger partial charge < -0.3 is 0 Å². The molecule has 0 N–H and O–H groups in total. The van der Waals surface area contributed by atoms with Gasteiger partial charge in [0, 0.05) is 11.1 Å². The monoisotopic (exact) mass is 434 g/mol. The van der Waals surface area contributed by atoms with Gasteiger partial charge in [-0.2, -0.15) is 0 Å². The van der Waals surface area contributed by atoms with Crippen LogP contribution in [0.4, 0.5) is 13.2 Å². The molecule has 1 saturated carbocycles. The fourth-order valence-electron chi connectivity index (χ4n) is 4.56. The molecule has 0 nitrogen and oxygen atoms in total. The van der Waals surface area contributed by atoms with E-state index in [9.17, 15) is 13.2 Å². The third-order valence-corrected chi connectivity index (χ3v) is 6.72. The van der Waals surface area contributed by atoms with Crippen molar-refractivity contribution >= 4 is 12.2 Å². The fraction of sp³-hybridized carbons (Fsp3) is 0.310. The molecule has 0 saturated heterocycles. The van der Waals surface area contributed by atoms with Crippen LogP contribution in [-0.4, -0.2) is 0 Å². The van der Waals surface area contributed by atoms with E-state index in [1.165, 1.54) is 0 Å². The van der Waals surface area contributed by atoms with Crippen molar-refractivity contribution in [2.24, 2.45) is 5.92 Å². The minimum absolute atomic E-state index is 0.106. The van der Waals surface area contributed by atoms with E-state index in [4.69, 9.17) is 0 Å². The highest BCUT2D eigenvalue weighted by Gasteiger charge is 2.25. The van der Waals surface area contributed by atoms with Gasteiger partial charge in [0.15, 0.2) is 11.6 Å². The Labute approximate surface area is 188 Å². The van der Waals surface area contributed by atoms with E-state index in [0.29, 0.717) is 22.6 Å². The molecule has 0 amide bonds.